The number of hydrogen-bond acceptors (Lipinski definition) is 7. The Morgan fingerprint density at radius 3 is 1.65 bits per heavy atom. The van der Waals surface area contributed by atoms with Gasteiger partial charge in [-0.15, -0.1) is 0 Å². The molecule has 0 amide bonds. The Hall–Kier alpha value is -0.480. The molecule has 1 radical (unpaired) electrons. The zero-order valence-corrected chi connectivity index (χ0v) is 18.5. The van der Waals surface area contributed by atoms with Crippen molar-refractivity contribution in [3.8, 4) is 0 Å². The predicted molar refractivity (Wildman–Crippen MR) is 95.6 cm³/mol. The summed E-state index contributed by atoms with van der Waals surface area (Å²) in [4.78, 5) is 33.7. The van der Waals surface area contributed by atoms with Crippen LogP contribution in [0.3, 0.4) is 0 Å². The van der Waals surface area contributed by atoms with Crippen LogP contribution in [0.4, 0.5) is 0 Å². The van der Waals surface area contributed by atoms with Gasteiger partial charge in [-0.3, -0.25) is 18.9 Å². The number of unbranched alkanes of at least 4 members (excludes halogenated alkanes) is 8. The third kappa shape index (κ3) is 19.8. The molecule has 0 saturated carbocycles. The van der Waals surface area contributed by atoms with Gasteiger partial charge in [0.1, 0.15) is 0 Å². The van der Waals surface area contributed by atoms with Crippen LogP contribution in [-0.2, 0) is 33.7 Å². The summed E-state index contributed by atoms with van der Waals surface area (Å²) >= 11 is 0. The SMILES string of the molecule is CCCCCCCCCCCC(=O)OC(=O)CCC(=O)OS(=O)(=O)O.[Na]. The summed E-state index contributed by atoms with van der Waals surface area (Å²) in [6.07, 6.45) is 8.90. The Kier molecular flexibility index (Phi) is 17.8. The molecule has 26 heavy (non-hydrogen) atoms. The standard InChI is InChI=1S/C16H28O8S.Na/c1-2-3-4-5-6-7-8-9-10-11-14(17)23-15(18)12-13-16(19)24-25(20,21)22;/h2-13H2,1H3,(H,20,21,22);. The molecule has 0 aliphatic carbocycles. The van der Waals surface area contributed by atoms with Crippen LogP contribution < -0.4 is 0 Å². The zero-order valence-electron chi connectivity index (χ0n) is 15.7. The van der Waals surface area contributed by atoms with Gasteiger partial charge in [-0.05, 0) is 6.42 Å². The van der Waals surface area contributed by atoms with Crippen LogP contribution in [0.15, 0.2) is 0 Å². The van der Waals surface area contributed by atoms with Gasteiger partial charge in [-0.25, -0.2) is 0 Å². The molecule has 0 aliphatic rings. The van der Waals surface area contributed by atoms with Gasteiger partial charge in [-0.2, -0.15) is 8.42 Å². The molecule has 8 nitrogen and oxygen atoms in total. The summed E-state index contributed by atoms with van der Waals surface area (Å²) in [5.41, 5.74) is 0. The molecule has 0 aromatic rings. The number of carbonyl (C=O) groups excluding carboxylic acids is 3. The second-order valence-corrected chi connectivity index (χ2v) is 6.83. The van der Waals surface area contributed by atoms with Crippen LogP contribution in [0.1, 0.15) is 84.0 Å². The van der Waals surface area contributed by atoms with E-state index in [0.717, 1.165) is 19.3 Å². The number of ether oxygens (including phenoxy) is 1. The first-order valence-electron chi connectivity index (χ1n) is 8.68. The van der Waals surface area contributed by atoms with Crippen LogP contribution in [0.25, 0.3) is 0 Å². The van der Waals surface area contributed by atoms with Crippen LogP contribution in [0, 0.1) is 0 Å². The van der Waals surface area contributed by atoms with Gasteiger partial charge in [0.15, 0.2) is 0 Å². The van der Waals surface area contributed by atoms with Crippen molar-refractivity contribution in [1.29, 1.82) is 0 Å². The zero-order chi connectivity index (χ0) is 19.1. The maximum absolute atomic E-state index is 11.4. The van der Waals surface area contributed by atoms with Crippen molar-refractivity contribution >= 4 is 57.9 Å². The van der Waals surface area contributed by atoms with Crippen molar-refractivity contribution < 1.29 is 36.3 Å². The fraction of sp³-hybridized carbons (Fsp3) is 0.812. The molecule has 0 heterocycles. The molecule has 0 bridgehead atoms. The summed E-state index contributed by atoms with van der Waals surface area (Å²) in [6, 6.07) is 0. The molecule has 0 spiro atoms. The average Bonchev–Trinajstić information content (AvgIpc) is 2.49. The monoisotopic (exact) mass is 403 g/mol. The minimum absolute atomic E-state index is 0. The molecule has 0 atom stereocenters. The molecular formula is C16H28NaO8S. The molecule has 10 heteroatoms. The summed E-state index contributed by atoms with van der Waals surface area (Å²) < 4.78 is 36.9. The van der Waals surface area contributed by atoms with Crippen LogP contribution in [-0.4, -0.2) is 60.4 Å². The second kappa shape index (κ2) is 16.7. The second-order valence-electron chi connectivity index (χ2n) is 5.81. The first kappa shape index (κ1) is 27.7. The van der Waals surface area contributed by atoms with Crippen LogP contribution in [0.5, 0.6) is 0 Å². The van der Waals surface area contributed by atoms with E-state index in [0.29, 0.717) is 6.42 Å². The Bertz CT molecular complexity index is 518. The fourth-order valence-corrected chi connectivity index (χ4v) is 2.49. The van der Waals surface area contributed by atoms with Crippen molar-refractivity contribution in [2.45, 2.75) is 84.0 Å². The van der Waals surface area contributed by atoms with Crippen molar-refractivity contribution in [3.63, 3.8) is 0 Å². The van der Waals surface area contributed by atoms with Gasteiger partial charge in [0.25, 0.3) is 0 Å². The van der Waals surface area contributed by atoms with Crippen LogP contribution in [0.2, 0.25) is 0 Å². The first-order chi connectivity index (χ1) is 11.7. The summed E-state index contributed by atoms with van der Waals surface area (Å²) in [5, 5.41) is 0. The van der Waals surface area contributed by atoms with Gasteiger partial charge in [0.05, 0.1) is 12.8 Å². The topological polar surface area (TPSA) is 124 Å². The molecule has 0 rings (SSSR count). The minimum atomic E-state index is -4.89. The van der Waals surface area contributed by atoms with E-state index in [1.807, 2.05) is 0 Å². The summed E-state index contributed by atoms with van der Waals surface area (Å²) in [6.45, 7) is 2.18. The Labute approximate surface area is 177 Å². The smallest absolute Gasteiger partial charge is 0.393 e. The molecule has 1 N–H and O–H groups in total. The molecule has 147 valence electrons. The van der Waals surface area contributed by atoms with Crippen molar-refractivity contribution in [3.05, 3.63) is 0 Å². The molecule has 0 unspecified atom stereocenters. The van der Waals surface area contributed by atoms with E-state index in [-0.39, 0.29) is 36.0 Å². The Morgan fingerprint density at radius 2 is 1.15 bits per heavy atom. The number of rotatable bonds is 14. The van der Waals surface area contributed by atoms with Gasteiger partial charge < -0.3 is 8.92 Å². The molecule has 0 fully saturated rings. The first-order valence-corrected chi connectivity index (χ1v) is 10.0. The molecule has 0 aromatic carbocycles. The maximum atomic E-state index is 11.4. The third-order valence-corrected chi connectivity index (χ3v) is 3.84. The van der Waals surface area contributed by atoms with E-state index >= 15 is 0 Å². The molecule has 0 aromatic heterocycles. The van der Waals surface area contributed by atoms with Gasteiger partial charge in [0.2, 0.25) is 0 Å². The van der Waals surface area contributed by atoms with Gasteiger partial charge >= 0.3 is 28.3 Å². The molecule has 0 saturated heterocycles. The predicted octanol–water partition coefficient (Wildman–Crippen LogP) is 2.72. The summed E-state index contributed by atoms with van der Waals surface area (Å²) in [7, 11) is -4.89. The van der Waals surface area contributed by atoms with E-state index in [4.69, 9.17) is 4.55 Å². The van der Waals surface area contributed by atoms with Gasteiger partial charge in [0, 0.05) is 36.0 Å². The van der Waals surface area contributed by atoms with Crippen LogP contribution >= 0.6 is 0 Å². The normalized spacial score (nSPS) is 10.7. The van der Waals surface area contributed by atoms with Crippen molar-refractivity contribution in [2.24, 2.45) is 0 Å². The molecule has 0 aliphatic heterocycles. The maximum Gasteiger partial charge on any atom is 0.448 e. The third-order valence-electron chi connectivity index (χ3n) is 3.44. The number of hydrogen-bond donors (Lipinski definition) is 1. The number of esters is 2. The Morgan fingerprint density at radius 1 is 0.731 bits per heavy atom. The minimum Gasteiger partial charge on any atom is -0.393 e. The van der Waals surface area contributed by atoms with E-state index in [2.05, 4.69) is 15.8 Å². The largest absolute Gasteiger partial charge is 0.448 e. The number of carbonyl (C=O) groups is 3. The van der Waals surface area contributed by atoms with E-state index in [9.17, 15) is 22.8 Å². The average molecular weight is 403 g/mol. The quantitative estimate of drug-likeness (QED) is 0.154. The Balaban J connectivity index is 0. The fourth-order valence-electron chi connectivity index (χ4n) is 2.17. The van der Waals surface area contributed by atoms with Gasteiger partial charge in [-0.1, -0.05) is 58.3 Å². The van der Waals surface area contributed by atoms with Crippen molar-refractivity contribution in [2.75, 3.05) is 0 Å². The molecular weight excluding hydrogens is 375 g/mol. The van der Waals surface area contributed by atoms with Crippen molar-refractivity contribution in [1.82, 2.24) is 0 Å². The van der Waals surface area contributed by atoms with E-state index in [1.165, 1.54) is 32.1 Å². The summed E-state index contributed by atoms with van der Waals surface area (Å²) in [5.74, 6) is -2.91. The van der Waals surface area contributed by atoms with E-state index in [1.54, 1.807) is 0 Å². The van der Waals surface area contributed by atoms with E-state index < -0.39 is 41.1 Å².